The van der Waals surface area contributed by atoms with Crippen LogP contribution in [-0.4, -0.2) is 35.6 Å². The number of halogens is 1. The molecule has 1 atom stereocenters. The summed E-state index contributed by atoms with van der Waals surface area (Å²) < 4.78 is 13.6. The third kappa shape index (κ3) is 4.29. The van der Waals surface area contributed by atoms with Crippen LogP contribution in [0.4, 0.5) is 4.39 Å². The van der Waals surface area contributed by atoms with Crippen LogP contribution in [0.3, 0.4) is 0 Å². The van der Waals surface area contributed by atoms with Gasteiger partial charge in [0.15, 0.2) is 0 Å². The summed E-state index contributed by atoms with van der Waals surface area (Å²) in [6.45, 7) is 7.06. The second-order valence-corrected chi connectivity index (χ2v) is 7.28. The highest BCUT2D eigenvalue weighted by molar-refractivity contribution is 5.77. The van der Waals surface area contributed by atoms with E-state index in [0.717, 1.165) is 31.5 Å². The fraction of sp³-hybridized carbons (Fsp3) is 0.611. The fourth-order valence-electron chi connectivity index (χ4n) is 2.90. The van der Waals surface area contributed by atoms with Gasteiger partial charge in [0, 0.05) is 26.1 Å². The van der Waals surface area contributed by atoms with Crippen LogP contribution >= 0.6 is 0 Å². The molecule has 1 amide bonds. The Balaban J connectivity index is 1.89. The van der Waals surface area contributed by atoms with E-state index in [-0.39, 0.29) is 23.7 Å². The smallest absolute Gasteiger partial charge is 0.223 e. The molecule has 1 heterocycles. The first-order chi connectivity index (χ1) is 10.3. The van der Waals surface area contributed by atoms with E-state index in [0.29, 0.717) is 17.9 Å². The standard InChI is InChI=1S/C18H26FNO2/c1-13-4-5-14(9-16(13)19)8-15-6-7-20(11-15)17(22)10-18(2,3)12-21/h4-5,9,15,21H,6-8,10-12H2,1-3H3. The second kappa shape index (κ2) is 6.78. The number of nitrogens with zero attached hydrogens (tertiary/aromatic N) is 1. The molecule has 1 aromatic carbocycles. The zero-order chi connectivity index (χ0) is 16.3. The molecule has 2 rings (SSSR count). The molecule has 1 fully saturated rings. The highest BCUT2D eigenvalue weighted by Gasteiger charge is 2.30. The maximum Gasteiger partial charge on any atom is 0.223 e. The van der Waals surface area contributed by atoms with Crippen LogP contribution in [0.25, 0.3) is 0 Å². The Hall–Kier alpha value is -1.42. The van der Waals surface area contributed by atoms with Crippen molar-refractivity contribution in [2.45, 2.75) is 40.0 Å². The summed E-state index contributed by atoms with van der Waals surface area (Å²) >= 11 is 0. The van der Waals surface area contributed by atoms with Gasteiger partial charge in [-0.05, 0) is 48.3 Å². The second-order valence-electron chi connectivity index (χ2n) is 7.28. The Labute approximate surface area is 132 Å². The summed E-state index contributed by atoms with van der Waals surface area (Å²) in [6.07, 6.45) is 2.14. The summed E-state index contributed by atoms with van der Waals surface area (Å²) in [5.41, 5.74) is 1.30. The van der Waals surface area contributed by atoms with Gasteiger partial charge in [0.1, 0.15) is 5.82 Å². The average molecular weight is 307 g/mol. The molecule has 1 aliphatic heterocycles. The quantitative estimate of drug-likeness (QED) is 0.908. The molecular weight excluding hydrogens is 281 g/mol. The fourth-order valence-corrected chi connectivity index (χ4v) is 2.90. The molecule has 0 saturated carbocycles. The van der Waals surface area contributed by atoms with E-state index in [1.165, 1.54) is 0 Å². The van der Waals surface area contributed by atoms with Gasteiger partial charge in [-0.2, -0.15) is 0 Å². The van der Waals surface area contributed by atoms with Crippen molar-refractivity contribution in [2.75, 3.05) is 19.7 Å². The van der Waals surface area contributed by atoms with E-state index in [4.69, 9.17) is 0 Å². The molecule has 22 heavy (non-hydrogen) atoms. The minimum absolute atomic E-state index is 0.0126. The van der Waals surface area contributed by atoms with E-state index >= 15 is 0 Å². The summed E-state index contributed by atoms with van der Waals surface area (Å²) in [4.78, 5) is 14.2. The number of aliphatic hydroxyl groups excluding tert-OH is 1. The molecule has 0 spiro atoms. The maximum absolute atomic E-state index is 13.6. The van der Waals surface area contributed by atoms with Crippen LogP contribution in [0, 0.1) is 24.1 Å². The number of aryl methyl sites for hydroxylation is 1. The zero-order valence-corrected chi connectivity index (χ0v) is 13.7. The van der Waals surface area contributed by atoms with Gasteiger partial charge in [-0.25, -0.2) is 4.39 Å². The SMILES string of the molecule is Cc1ccc(CC2CCN(C(=O)CC(C)(C)CO)C2)cc1F. The van der Waals surface area contributed by atoms with E-state index < -0.39 is 0 Å². The minimum Gasteiger partial charge on any atom is -0.396 e. The van der Waals surface area contributed by atoms with E-state index in [1.54, 1.807) is 13.0 Å². The summed E-state index contributed by atoms with van der Waals surface area (Å²) in [6, 6.07) is 5.39. The Kier molecular flexibility index (Phi) is 5.22. The predicted molar refractivity (Wildman–Crippen MR) is 85.0 cm³/mol. The lowest BCUT2D eigenvalue weighted by Crippen LogP contribution is -2.33. The highest BCUT2D eigenvalue weighted by Crippen LogP contribution is 2.26. The summed E-state index contributed by atoms with van der Waals surface area (Å²) in [5, 5.41) is 9.27. The topological polar surface area (TPSA) is 40.5 Å². The normalized spacial score (nSPS) is 18.8. The molecule has 0 aliphatic carbocycles. The number of carbonyl (C=O) groups excluding carboxylic acids is 1. The first kappa shape index (κ1) is 16.9. The van der Waals surface area contributed by atoms with Crippen molar-refractivity contribution in [1.29, 1.82) is 0 Å². The van der Waals surface area contributed by atoms with Crippen LogP contribution in [0.2, 0.25) is 0 Å². The van der Waals surface area contributed by atoms with Gasteiger partial charge in [-0.15, -0.1) is 0 Å². The summed E-state index contributed by atoms with van der Waals surface area (Å²) in [7, 11) is 0. The van der Waals surface area contributed by atoms with Gasteiger partial charge < -0.3 is 10.0 Å². The van der Waals surface area contributed by atoms with Crippen molar-refractivity contribution in [2.24, 2.45) is 11.3 Å². The third-order valence-corrected chi connectivity index (χ3v) is 4.46. The molecule has 4 heteroatoms. The molecule has 0 aromatic heterocycles. The number of benzene rings is 1. The number of aliphatic hydroxyl groups is 1. The number of likely N-dealkylation sites (tertiary alicyclic amines) is 1. The number of hydrogen-bond acceptors (Lipinski definition) is 2. The van der Waals surface area contributed by atoms with Gasteiger partial charge in [-0.1, -0.05) is 26.0 Å². The predicted octanol–water partition coefficient (Wildman–Crippen LogP) is 2.93. The Morgan fingerprint density at radius 3 is 2.82 bits per heavy atom. The Morgan fingerprint density at radius 2 is 2.18 bits per heavy atom. The highest BCUT2D eigenvalue weighted by atomic mass is 19.1. The van der Waals surface area contributed by atoms with Gasteiger partial charge in [-0.3, -0.25) is 4.79 Å². The number of carbonyl (C=O) groups is 1. The molecule has 0 radical (unpaired) electrons. The molecule has 1 saturated heterocycles. The van der Waals surface area contributed by atoms with Crippen LogP contribution in [0.15, 0.2) is 18.2 Å². The van der Waals surface area contributed by atoms with Crippen molar-refractivity contribution in [3.05, 3.63) is 35.1 Å². The first-order valence-electron chi connectivity index (χ1n) is 7.94. The molecule has 122 valence electrons. The van der Waals surface area contributed by atoms with Gasteiger partial charge in [0.05, 0.1) is 0 Å². The molecule has 1 aromatic rings. The lowest BCUT2D eigenvalue weighted by Gasteiger charge is -2.25. The van der Waals surface area contributed by atoms with Crippen LogP contribution in [0.1, 0.15) is 37.8 Å². The van der Waals surface area contributed by atoms with Crippen molar-refractivity contribution in [1.82, 2.24) is 4.90 Å². The van der Waals surface area contributed by atoms with Gasteiger partial charge in [0.25, 0.3) is 0 Å². The van der Waals surface area contributed by atoms with Crippen molar-refractivity contribution >= 4 is 5.91 Å². The largest absolute Gasteiger partial charge is 0.396 e. The number of hydrogen-bond donors (Lipinski definition) is 1. The van der Waals surface area contributed by atoms with E-state index in [1.807, 2.05) is 30.9 Å². The van der Waals surface area contributed by atoms with Gasteiger partial charge >= 0.3 is 0 Å². The van der Waals surface area contributed by atoms with Crippen LogP contribution < -0.4 is 0 Å². The number of amides is 1. The van der Waals surface area contributed by atoms with Crippen molar-refractivity contribution in [3.8, 4) is 0 Å². The Morgan fingerprint density at radius 1 is 1.45 bits per heavy atom. The average Bonchev–Trinajstić information content (AvgIpc) is 2.91. The van der Waals surface area contributed by atoms with E-state index in [9.17, 15) is 14.3 Å². The molecule has 0 bridgehead atoms. The van der Waals surface area contributed by atoms with Crippen molar-refractivity contribution < 1.29 is 14.3 Å². The number of rotatable bonds is 5. The summed E-state index contributed by atoms with van der Waals surface area (Å²) in [5.74, 6) is 0.341. The lowest BCUT2D eigenvalue weighted by molar-refractivity contribution is -0.133. The Bertz CT molecular complexity index is 542. The molecule has 1 aliphatic rings. The van der Waals surface area contributed by atoms with Crippen LogP contribution in [-0.2, 0) is 11.2 Å². The molecule has 3 nitrogen and oxygen atoms in total. The molecular formula is C18H26FNO2. The maximum atomic E-state index is 13.6. The van der Waals surface area contributed by atoms with Gasteiger partial charge in [0.2, 0.25) is 5.91 Å². The lowest BCUT2D eigenvalue weighted by atomic mass is 9.90. The zero-order valence-electron chi connectivity index (χ0n) is 13.7. The molecule has 1 N–H and O–H groups in total. The first-order valence-corrected chi connectivity index (χ1v) is 7.94. The van der Waals surface area contributed by atoms with E-state index in [2.05, 4.69) is 0 Å². The molecule has 1 unspecified atom stereocenters. The van der Waals surface area contributed by atoms with Crippen molar-refractivity contribution in [3.63, 3.8) is 0 Å². The van der Waals surface area contributed by atoms with Crippen LogP contribution in [0.5, 0.6) is 0 Å². The third-order valence-electron chi connectivity index (χ3n) is 4.46. The monoisotopic (exact) mass is 307 g/mol. The minimum atomic E-state index is -0.366.